The second-order valence-electron chi connectivity index (χ2n) is 13.2. The van der Waals surface area contributed by atoms with Gasteiger partial charge in [0.15, 0.2) is 11.8 Å². The highest BCUT2D eigenvalue weighted by Crippen LogP contribution is 2.40. The molecule has 0 saturated heterocycles. The molecular weight excluding hydrogens is 712 g/mol. The number of Topliss-reactive ketones (excluding diaryl/α,β-unsaturated/α-hetero) is 1. The third-order valence-corrected chi connectivity index (χ3v) is 9.75. The number of nitriles is 1. The summed E-state index contributed by atoms with van der Waals surface area (Å²) in [6.07, 6.45) is 3.01. The van der Waals surface area contributed by atoms with Crippen LogP contribution in [0.5, 0.6) is 5.75 Å². The molecule has 1 unspecified atom stereocenters. The first-order valence-electron chi connectivity index (χ1n) is 17.4. The molecule has 1 aliphatic rings. The molecule has 0 spiro atoms. The molecule has 2 atom stereocenters. The highest BCUT2D eigenvalue weighted by Gasteiger charge is 2.52. The van der Waals surface area contributed by atoms with Crippen molar-refractivity contribution < 1.29 is 33.4 Å². The van der Waals surface area contributed by atoms with E-state index < -0.39 is 41.7 Å². The maximum absolute atomic E-state index is 13.6. The molecule has 1 amide bonds. The molecule has 0 bridgehead atoms. The van der Waals surface area contributed by atoms with Crippen LogP contribution in [0.15, 0.2) is 89.9 Å². The Morgan fingerprint density at radius 2 is 1.67 bits per heavy atom. The van der Waals surface area contributed by atoms with Crippen LogP contribution in [0.4, 0.5) is 0 Å². The number of ether oxygens (including phenoxy) is 3. The third-order valence-electron chi connectivity index (χ3n) is 9.52. The van der Waals surface area contributed by atoms with Gasteiger partial charge in [0.25, 0.3) is 5.56 Å². The van der Waals surface area contributed by atoms with Crippen LogP contribution in [0.1, 0.15) is 59.3 Å². The first-order chi connectivity index (χ1) is 25.9. The quantitative estimate of drug-likeness (QED) is 0.149. The number of likely N-dealkylation sites (N-methyl/N-ethyl adjacent to an activating group) is 1. The molecule has 5 rings (SSSR count). The minimum absolute atomic E-state index is 0.0163. The van der Waals surface area contributed by atoms with E-state index in [2.05, 4.69) is 11.4 Å². The Balaban J connectivity index is 1.25. The van der Waals surface area contributed by atoms with Gasteiger partial charge in [-0.25, -0.2) is 9.59 Å². The molecule has 280 valence electrons. The van der Waals surface area contributed by atoms with Crippen LogP contribution in [0.25, 0.3) is 11.1 Å². The molecule has 1 heterocycles. The number of ketones is 1. The van der Waals surface area contributed by atoms with Gasteiger partial charge < -0.3 is 24.1 Å². The number of hydrogen-bond acceptors (Lipinski definition) is 10. The van der Waals surface area contributed by atoms with Gasteiger partial charge in [0.2, 0.25) is 5.91 Å². The summed E-state index contributed by atoms with van der Waals surface area (Å²) < 4.78 is 17.8. The maximum atomic E-state index is 13.6. The average Bonchev–Trinajstić information content (AvgIpc) is 3.99. The van der Waals surface area contributed by atoms with Crippen LogP contribution in [0.3, 0.4) is 0 Å². The first-order valence-corrected chi connectivity index (χ1v) is 17.8. The van der Waals surface area contributed by atoms with E-state index in [1.165, 1.54) is 36.1 Å². The average molecular weight is 753 g/mol. The van der Waals surface area contributed by atoms with Gasteiger partial charge in [0.1, 0.15) is 19.0 Å². The van der Waals surface area contributed by atoms with Gasteiger partial charge in [-0.1, -0.05) is 61.0 Å². The van der Waals surface area contributed by atoms with Crippen molar-refractivity contribution in [2.75, 3.05) is 27.8 Å². The molecule has 0 aliphatic heterocycles. The summed E-state index contributed by atoms with van der Waals surface area (Å²) in [6, 6.07) is 21.4. The second-order valence-corrected chi connectivity index (χ2v) is 13.6. The number of methoxy groups -OCH3 is 1. The van der Waals surface area contributed by atoms with Gasteiger partial charge in [-0.05, 0) is 74.8 Å². The zero-order chi connectivity index (χ0) is 39.0. The summed E-state index contributed by atoms with van der Waals surface area (Å²) in [5.74, 6) is -1.78. The largest absolute Gasteiger partial charge is 0.495 e. The lowest BCUT2D eigenvalue weighted by molar-refractivity contribution is -0.151. The number of pyridine rings is 1. The monoisotopic (exact) mass is 752 g/mol. The van der Waals surface area contributed by atoms with Gasteiger partial charge in [0, 0.05) is 28.6 Å². The van der Waals surface area contributed by atoms with Crippen LogP contribution < -0.4 is 15.6 Å². The highest BCUT2D eigenvalue weighted by molar-refractivity contribution is 6.31. The lowest BCUT2D eigenvalue weighted by atomic mass is 9.98. The van der Waals surface area contributed by atoms with Crippen LogP contribution in [0.2, 0.25) is 5.02 Å². The van der Waals surface area contributed by atoms with E-state index in [1.54, 1.807) is 68.4 Å². The Labute approximate surface area is 318 Å². The van der Waals surface area contributed by atoms with Gasteiger partial charge in [-0.3, -0.25) is 19.3 Å². The smallest absolute Gasteiger partial charge is 0.338 e. The number of hydrogen-bond donors (Lipinski definition) is 1. The standard InChI is InChI=1S/C41H41ClN4O8/c1-5-34(46-23-36(52-4)32(21-37(46)48)31-20-30(42)16-15-29(31)22-43)35(47)19-26-11-13-28(14-12-26)38(49)54-25-33(44-40(51)41(17-18-41)45(2)3)39(50)53-24-27-9-7-6-8-10-27/h6-16,20-21,23,33-34H,5,17-19,24-25H2,1-4H3,(H,44,51)/t33-,34?/m0/s1. The fraction of sp³-hybridized carbons (Fsp3) is 0.317. The van der Waals surface area contributed by atoms with E-state index in [4.69, 9.17) is 25.8 Å². The molecule has 1 aromatic heterocycles. The third kappa shape index (κ3) is 9.05. The number of nitrogens with one attached hydrogen (secondary N) is 1. The number of carbonyl (C=O) groups excluding carboxylic acids is 4. The number of rotatable bonds is 16. The molecule has 13 heteroatoms. The predicted octanol–water partition coefficient (Wildman–Crippen LogP) is 5.29. The Morgan fingerprint density at radius 3 is 2.28 bits per heavy atom. The second kappa shape index (κ2) is 17.4. The van der Waals surface area contributed by atoms with Crippen molar-refractivity contribution in [1.82, 2.24) is 14.8 Å². The van der Waals surface area contributed by atoms with Crippen LogP contribution in [-0.2, 0) is 36.9 Å². The molecule has 1 aliphatic carbocycles. The molecule has 4 aromatic rings. The van der Waals surface area contributed by atoms with Gasteiger partial charge in [0.05, 0.1) is 42.1 Å². The topological polar surface area (TPSA) is 157 Å². The Hall–Kier alpha value is -5.77. The van der Waals surface area contributed by atoms with E-state index in [1.807, 2.05) is 18.2 Å². The summed E-state index contributed by atoms with van der Waals surface area (Å²) >= 11 is 6.18. The van der Waals surface area contributed by atoms with Crippen molar-refractivity contribution >= 4 is 35.2 Å². The van der Waals surface area contributed by atoms with Gasteiger partial charge in [-0.2, -0.15) is 5.26 Å². The number of halogens is 1. The molecule has 1 saturated carbocycles. The Bertz CT molecular complexity index is 2120. The highest BCUT2D eigenvalue weighted by atomic mass is 35.5. The lowest BCUT2D eigenvalue weighted by Gasteiger charge is -2.25. The first kappa shape index (κ1) is 39.4. The number of amides is 1. The zero-order valence-corrected chi connectivity index (χ0v) is 31.2. The van der Waals surface area contributed by atoms with Crippen LogP contribution in [-0.4, -0.2) is 72.5 Å². The number of nitrogens with zero attached hydrogens (tertiary/aromatic N) is 3. The normalized spacial score (nSPS) is 13.9. The molecule has 1 fully saturated rings. The van der Waals surface area contributed by atoms with Crippen molar-refractivity contribution in [2.45, 2.75) is 56.8 Å². The minimum Gasteiger partial charge on any atom is -0.495 e. The predicted molar refractivity (Wildman–Crippen MR) is 201 cm³/mol. The van der Waals surface area contributed by atoms with Crippen molar-refractivity contribution in [2.24, 2.45) is 0 Å². The fourth-order valence-corrected chi connectivity index (χ4v) is 6.34. The zero-order valence-electron chi connectivity index (χ0n) is 30.5. The number of benzene rings is 3. The van der Waals surface area contributed by atoms with E-state index in [-0.39, 0.29) is 30.3 Å². The van der Waals surface area contributed by atoms with Crippen molar-refractivity contribution in [3.05, 3.63) is 123 Å². The molecule has 3 aromatic carbocycles. The molecule has 12 nitrogen and oxygen atoms in total. The SMILES string of the molecule is CCC(C(=O)Cc1ccc(C(=O)OC[C@H](NC(=O)C2(N(C)C)CC2)C(=O)OCc2ccccc2)cc1)n1cc(OC)c(-c2cc(Cl)ccc2C#N)cc1=O. The summed E-state index contributed by atoms with van der Waals surface area (Å²) in [5, 5.41) is 12.7. The fourth-order valence-electron chi connectivity index (χ4n) is 6.17. The van der Waals surface area contributed by atoms with Crippen molar-refractivity contribution in [3.8, 4) is 22.9 Å². The summed E-state index contributed by atoms with van der Waals surface area (Å²) in [4.78, 5) is 68.1. The van der Waals surface area contributed by atoms with E-state index in [9.17, 15) is 29.2 Å². The van der Waals surface area contributed by atoms with Crippen molar-refractivity contribution in [1.29, 1.82) is 5.26 Å². The van der Waals surface area contributed by atoms with Gasteiger partial charge in [-0.15, -0.1) is 0 Å². The Kier molecular flexibility index (Phi) is 12.7. The maximum Gasteiger partial charge on any atom is 0.338 e. The number of aromatic nitrogens is 1. The molecule has 1 N–H and O–H groups in total. The number of carbonyl (C=O) groups is 4. The van der Waals surface area contributed by atoms with Gasteiger partial charge >= 0.3 is 11.9 Å². The summed E-state index contributed by atoms with van der Waals surface area (Å²) in [6.45, 7) is 1.32. The molecular formula is C41H41ClN4O8. The van der Waals surface area contributed by atoms with E-state index in [0.29, 0.717) is 52.3 Å². The molecule has 0 radical (unpaired) electrons. The minimum atomic E-state index is -1.24. The van der Waals surface area contributed by atoms with Crippen molar-refractivity contribution in [3.63, 3.8) is 0 Å². The number of esters is 2. The summed E-state index contributed by atoms with van der Waals surface area (Å²) in [5.41, 5.74) is 1.46. The molecule has 54 heavy (non-hydrogen) atoms. The van der Waals surface area contributed by atoms with Crippen LogP contribution >= 0.6 is 11.6 Å². The van der Waals surface area contributed by atoms with Crippen LogP contribution in [0, 0.1) is 11.3 Å². The van der Waals surface area contributed by atoms with E-state index >= 15 is 0 Å². The summed E-state index contributed by atoms with van der Waals surface area (Å²) in [7, 11) is 5.01. The Morgan fingerprint density at radius 1 is 0.963 bits per heavy atom. The lowest BCUT2D eigenvalue weighted by Crippen LogP contribution is -2.53. The van der Waals surface area contributed by atoms with E-state index in [0.717, 1.165) is 5.56 Å².